The Balaban J connectivity index is 1.89. The van der Waals surface area contributed by atoms with Crippen LogP contribution in [0.15, 0.2) is 0 Å². The van der Waals surface area contributed by atoms with Crippen LogP contribution in [0.3, 0.4) is 0 Å². The fraction of sp³-hybridized carbons (Fsp3) is 0.909. The van der Waals surface area contributed by atoms with E-state index in [0.717, 1.165) is 17.8 Å². The standard InChI is InChI=1S/C11H16O/c1-7-9-3-2-8(6-12)10-4-5-11(7,9)10/h6-10H,2-5H2,1H3. The fourth-order valence-corrected chi connectivity index (χ4v) is 4.29. The van der Waals surface area contributed by atoms with E-state index in [1.807, 2.05) is 0 Å². The number of hydrogen-bond acceptors (Lipinski definition) is 1. The van der Waals surface area contributed by atoms with Crippen molar-refractivity contribution in [3.05, 3.63) is 0 Å². The van der Waals surface area contributed by atoms with E-state index in [0.29, 0.717) is 11.3 Å². The summed E-state index contributed by atoms with van der Waals surface area (Å²) in [6.45, 7) is 2.39. The lowest BCUT2D eigenvalue weighted by Gasteiger charge is -2.45. The number of carbonyl (C=O) groups excluding carboxylic acids is 1. The summed E-state index contributed by atoms with van der Waals surface area (Å²) in [5, 5.41) is 0. The Bertz CT molecular complexity index is 235. The van der Waals surface area contributed by atoms with Crippen molar-refractivity contribution in [1.82, 2.24) is 0 Å². The summed E-state index contributed by atoms with van der Waals surface area (Å²) in [5.74, 6) is 3.18. The molecule has 0 bridgehead atoms. The van der Waals surface area contributed by atoms with Crippen molar-refractivity contribution in [2.24, 2.45) is 29.1 Å². The van der Waals surface area contributed by atoms with Crippen molar-refractivity contribution < 1.29 is 4.79 Å². The number of hydrogen-bond donors (Lipinski definition) is 0. The van der Waals surface area contributed by atoms with Crippen molar-refractivity contribution in [1.29, 1.82) is 0 Å². The fourth-order valence-electron chi connectivity index (χ4n) is 4.29. The predicted molar refractivity (Wildman–Crippen MR) is 46.6 cm³/mol. The third kappa shape index (κ3) is 0.541. The highest BCUT2D eigenvalue weighted by Crippen LogP contribution is 2.77. The van der Waals surface area contributed by atoms with Crippen LogP contribution >= 0.6 is 0 Å². The van der Waals surface area contributed by atoms with Gasteiger partial charge in [-0.1, -0.05) is 6.92 Å². The first-order valence-electron chi connectivity index (χ1n) is 5.26. The Kier molecular flexibility index (Phi) is 1.15. The molecule has 3 saturated carbocycles. The summed E-state index contributed by atoms with van der Waals surface area (Å²) in [6, 6.07) is 0. The Morgan fingerprint density at radius 2 is 2.08 bits per heavy atom. The molecular weight excluding hydrogens is 148 g/mol. The van der Waals surface area contributed by atoms with Crippen molar-refractivity contribution in [2.75, 3.05) is 0 Å². The van der Waals surface area contributed by atoms with Crippen LogP contribution in [0.25, 0.3) is 0 Å². The summed E-state index contributed by atoms with van der Waals surface area (Å²) in [7, 11) is 0. The summed E-state index contributed by atoms with van der Waals surface area (Å²) >= 11 is 0. The second kappa shape index (κ2) is 1.94. The Hall–Kier alpha value is -0.330. The highest BCUT2D eigenvalue weighted by molar-refractivity contribution is 5.56. The average Bonchev–Trinajstić information content (AvgIpc) is 2.64. The topological polar surface area (TPSA) is 17.1 Å². The van der Waals surface area contributed by atoms with Crippen LogP contribution in [0.4, 0.5) is 0 Å². The predicted octanol–water partition coefficient (Wildman–Crippen LogP) is 2.26. The lowest BCUT2D eigenvalue weighted by molar-refractivity contribution is -0.117. The molecule has 66 valence electrons. The highest BCUT2D eigenvalue weighted by Gasteiger charge is 2.72. The van der Waals surface area contributed by atoms with Gasteiger partial charge in [0.2, 0.25) is 0 Å². The molecule has 0 heterocycles. The molecule has 1 heteroatoms. The molecule has 3 aliphatic carbocycles. The molecule has 3 rings (SSSR count). The molecule has 0 aliphatic heterocycles. The van der Waals surface area contributed by atoms with Gasteiger partial charge in [0.05, 0.1) is 0 Å². The van der Waals surface area contributed by atoms with Gasteiger partial charge in [0.25, 0.3) is 0 Å². The van der Waals surface area contributed by atoms with E-state index >= 15 is 0 Å². The Morgan fingerprint density at radius 3 is 2.67 bits per heavy atom. The zero-order chi connectivity index (χ0) is 8.34. The second-order valence-electron chi connectivity index (χ2n) is 5.03. The minimum absolute atomic E-state index is 0.431. The second-order valence-corrected chi connectivity index (χ2v) is 5.03. The van der Waals surface area contributed by atoms with Gasteiger partial charge < -0.3 is 4.79 Å². The molecule has 0 aromatic heterocycles. The molecule has 5 atom stereocenters. The molecule has 3 fully saturated rings. The Labute approximate surface area is 73.5 Å². The minimum Gasteiger partial charge on any atom is -0.303 e. The Morgan fingerprint density at radius 1 is 1.25 bits per heavy atom. The monoisotopic (exact) mass is 164 g/mol. The molecule has 3 aliphatic rings. The molecule has 0 N–H and O–H groups in total. The smallest absolute Gasteiger partial charge is 0.123 e. The number of rotatable bonds is 1. The van der Waals surface area contributed by atoms with Gasteiger partial charge >= 0.3 is 0 Å². The van der Waals surface area contributed by atoms with Gasteiger partial charge in [-0.2, -0.15) is 0 Å². The van der Waals surface area contributed by atoms with Gasteiger partial charge in [-0.3, -0.25) is 0 Å². The highest BCUT2D eigenvalue weighted by atomic mass is 16.1. The van der Waals surface area contributed by atoms with Crippen molar-refractivity contribution in [2.45, 2.75) is 32.6 Å². The van der Waals surface area contributed by atoms with E-state index < -0.39 is 0 Å². The minimum atomic E-state index is 0.431. The number of carbonyl (C=O) groups is 1. The first kappa shape index (κ1) is 7.11. The van der Waals surface area contributed by atoms with Crippen LogP contribution in [0.2, 0.25) is 0 Å². The van der Waals surface area contributed by atoms with E-state index in [4.69, 9.17) is 0 Å². The van der Waals surface area contributed by atoms with Crippen molar-refractivity contribution in [3.8, 4) is 0 Å². The van der Waals surface area contributed by atoms with Crippen LogP contribution < -0.4 is 0 Å². The molecular formula is C11H16O. The van der Waals surface area contributed by atoms with Crippen LogP contribution in [0, 0.1) is 29.1 Å². The number of aldehydes is 1. The lowest BCUT2D eigenvalue weighted by atomic mass is 9.59. The summed E-state index contributed by atoms with van der Waals surface area (Å²) in [5.41, 5.74) is 0.684. The molecule has 0 aromatic carbocycles. The molecule has 0 aromatic rings. The van der Waals surface area contributed by atoms with Crippen LogP contribution in [-0.2, 0) is 4.79 Å². The summed E-state index contributed by atoms with van der Waals surface area (Å²) in [4.78, 5) is 10.8. The quantitative estimate of drug-likeness (QED) is 0.543. The lowest BCUT2D eigenvalue weighted by Crippen LogP contribution is -2.40. The van der Waals surface area contributed by atoms with Crippen LogP contribution in [0.5, 0.6) is 0 Å². The van der Waals surface area contributed by atoms with Crippen molar-refractivity contribution in [3.63, 3.8) is 0 Å². The van der Waals surface area contributed by atoms with Gasteiger partial charge in [-0.25, -0.2) is 0 Å². The zero-order valence-corrected chi connectivity index (χ0v) is 7.62. The van der Waals surface area contributed by atoms with Crippen LogP contribution in [0.1, 0.15) is 32.6 Å². The maximum absolute atomic E-state index is 10.8. The van der Waals surface area contributed by atoms with Gasteiger partial charge in [0, 0.05) is 5.92 Å². The molecule has 1 spiro atoms. The average molecular weight is 164 g/mol. The molecule has 12 heavy (non-hydrogen) atoms. The normalized spacial score (nSPS) is 61.1. The van der Waals surface area contributed by atoms with Gasteiger partial charge in [0.1, 0.15) is 6.29 Å². The van der Waals surface area contributed by atoms with E-state index in [1.54, 1.807) is 0 Å². The van der Waals surface area contributed by atoms with Crippen LogP contribution in [-0.4, -0.2) is 6.29 Å². The SMILES string of the molecule is CC1C2CCC(C=O)C3CCC132. The molecule has 0 radical (unpaired) electrons. The molecule has 0 amide bonds. The summed E-state index contributed by atoms with van der Waals surface area (Å²) in [6.07, 6.45) is 6.51. The zero-order valence-electron chi connectivity index (χ0n) is 7.62. The van der Waals surface area contributed by atoms with Gasteiger partial charge in [-0.15, -0.1) is 0 Å². The van der Waals surface area contributed by atoms with E-state index in [1.165, 1.54) is 32.0 Å². The third-order valence-electron chi connectivity index (χ3n) is 5.11. The molecule has 5 unspecified atom stereocenters. The van der Waals surface area contributed by atoms with E-state index in [2.05, 4.69) is 6.92 Å². The van der Waals surface area contributed by atoms with Gasteiger partial charge in [0.15, 0.2) is 0 Å². The summed E-state index contributed by atoms with van der Waals surface area (Å²) < 4.78 is 0. The van der Waals surface area contributed by atoms with E-state index in [-0.39, 0.29) is 0 Å². The molecule has 1 nitrogen and oxygen atoms in total. The maximum atomic E-state index is 10.8. The third-order valence-corrected chi connectivity index (χ3v) is 5.11. The first-order valence-corrected chi connectivity index (χ1v) is 5.26. The van der Waals surface area contributed by atoms with Crippen molar-refractivity contribution >= 4 is 6.29 Å². The largest absolute Gasteiger partial charge is 0.303 e. The van der Waals surface area contributed by atoms with Gasteiger partial charge in [-0.05, 0) is 48.9 Å². The maximum Gasteiger partial charge on any atom is 0.123 e. The molecule has 0 saturated heterocycles. The van der Waals surface area contributed by atoms with E-state index in [9.17, 15) is 4.79 Å². The first-order chi connectivity index (χ1) is 5.80.